The van der Waals surface area contributed by atoms with E-state index in [-0.39, 0.29) is 24.3 Å². The van der Waals surface area contributed by atoms with Gasteiger partial charge >= 0.3 is 11.9 Å². The number of carbonyl (C=O) groups excluding carboxylic acids is 2. The molecule has 21 heavy (non-hydrogen) atoms. The van der Waals surface area contributed by atoms with Gasteiger partial charge < -0.3 is 9.47 Å². The van der Waals surface area contributed by atoms with E-state index in [9.17, 15) is 18.0 Å². The van der Waals surface area contributed by atoms with E-state index in [1.807, 2.05) is 13.8 Å². The summed E-state index contributed by atoms with van der Waals surface area (Å²) in [6.07, 6.45) is 3.01. The van der Waals surface area contributed by atoms with Crippen LogP contribution in [0.5, 0.6) is 0 Å². The number of sulfone groups is 1. The van der Waals surface area contributed by atoms with Crippen molar-refractivity contribution in [3.05, 3.63) is 0 Å². The van der Waals surface area contributed by atoms with Gasteiger partial charge in [0.25, 0.3) is 0 Å². The molecule has 0 aliphatic rings. The average Bonchev–Trinajstić information content (AvgIpc) is 2.44. The maximum Gasteiger partial charge on any atom is 0.306 e. The second kappa shape index (κ2) is 11.5. The summed E-state index contributed by atoms with van der Waals surface area (Å²) >= 11 is 0. The van der Waals surface area contributed by atoms with Crippen LogP contribution in [-0.2, 0) is 28.9 Å². The molecule has 0 spiro atoms. The van der Waals surface area contributed by atoms with Crippen LogP contribution < -0.4 is 0 Å². The van der Waals surface area contributed by atoms with Crippen molar-refractivity contribution >= 4 is 21.8 Å². The molecular weight excluding hydrogens is 296 g/mol. The Labute approximate surface area is 127 Å². The highest BCUT2D eigenvalue weighted by atomic mass is 32.2. The summed E-state index contributed by atoms with van der Waals surface area (Å²) in [4.78, 5) is 22.6. The molecule has 0 aliphatic carbocycles. The zero-order valence-electron chi connectivity index (χ0n) is 12.9. The van der Waals surface area contributed by atoms with Crippen LogP contribution in [0.4, 0.5) is 0 Å². The topological polar surface area (TPSA) is 86.7 Å². The van der Waals surface area contributed by atoms with Gasteiger partial charge in [-0.3, -0.25) is 9.59 Å². The van der Waals surface area contributed by atoms with Gasteiger partial charge in [-0.1, -0.05) is 26.7 Å². The van der Waals surface area contributed by atoms with Crippen molar-refractivity contribution < 1.29 is 27.5 Å². The first-order chi connectivity index (χ1) is 9.91. The molecule has 0 bridgehead atoms. The molecule has 0 atom stereocenters. The summed E-state index contributed by atoms with van der Waals surface area (Å²) in [5.74, 6) is -1.62. The standard InChI is InChI=1S/C14H26O6S/c1-3-5-9-19-13(15)7-11-21(17,18)12-8-14(16)20-10-6-4-2/h3-12H2,1-2H3. The predicted molar refractivity (Wildman–Crippen MR) is 79.6 cm³/mol. The molecule has 0 aromatic rings. The normalized spacial score (nSPS) is 11.1. The van der Waals surface area contributed by atoms with Gasteiger partial charge in [0.2, 0.25) is 0 Å². The van der Waals surface area contributed by atoms with Crippen LogP contribution >= 0.6 is 0 Å². The second-order valence-electron chi connectivity index (χ2n) is 4.80. The largest absolute Gasteiger partial charge is 0.466 e. The van der Waals surface area contributed by atoms with E-state index in [0.717, 1.165) is 25.7 Å². The van der Waals surface area contributed by atoms with Gasteiger partial charge in [-0.15, -0.1) is 0 Å². The highest BCUT2D eigenvalue weighted by Crippen LogP contribution is 2.01. The molecule has 0 aromatic carbocycles. The SMILES string of the molecule is CCCCOC(=O)CCS(=O)(=O)CCC(=O)OCCCC. The summed E-state index contributed by atoms with van der Waals surface area (Å²) in [6, 6.07) is 0. The van der Waals surface area contributed by atoms with E-state index in [4.69, 9.17) is 9.47 Å². The molecule has 124 valence electrons. The van der Waals surface area contributed by atoms with Gasteiger partial charge in [-0.05, 0) is 12.8 Å². The Hall–Kier alpha value is -1.11. The van der Waals surface area contributed by atoms with Gasteiger partial charge in [0.1, 0.15) is 0 Å². The molecular formula is C14H26O6S. The van der Waals surface area contributed by atoms with Crippen molar-refractivity contribution in [1.82, 2.24) is 0 Å². The van der Waals surface area contributed by atoms with Gasteiger partial charge in [-0.2, -0.15) is 0 Å². The molecule has 0 radical (unpaired) electrons. The average molecular weight is 322 g/mol. The lowest BCUT2D eigenvalue weighted by molar-refractivity contribution is -0.144. The maximum absolute atomic E-state index is 11.7. The third-order valence-corrected chi connectivity index (χ3v) is 4.41. The van der Waals surface area contributed by atoms with Crippen LogP contribution in [0.2, 0.25) is 0 Å². The summed E-state index contributed by atoms with van der Waals surface area (Å²) in [5.41, 5.74) is 0. The van der Waals surface area contributed by atoms with Crippen LogP contribution in [0.3, 0.4) is 0 Å². The van der Waals surface area contributed by atoms with Crippen molar-refractivity contribution in [2.75, 3.05) is 24.7 Å². The lowest BCUT2D eigenvalue weighted by Crippen LogP contribution is -2.19. The molecule has 7 heteroatoms. The molecule has 0 aliphatic heterocycles. The Bertz CT molecular complexity index is 370. The zero-order valence-corrected chi connectivity index (χ0v) is 13.7. The number of hydrogen-bond donors (Lipinski definition) is 0. The minimum absolute atomic E-state index is 0.170. The summed E-state index contributed by atoms with van der Waals surface area (Å²) in [6.45, 7) is 4.58. The van der Waals surface area contributed by atoms with Crippen molar-refractivity contribution in [3.63, 3.8) is 0 Å². The van der Waals surface area contributed by atoms with Gasteiger partial charge in [-0.25, -0.2) is 8.42 Å². The Kier molecular flexibility index (Phi) is 10.9. The number of ether oxygens (including phenoxy) is 2. The number of esters is 2. The Morgan fingerprint density at radius 1 is 0.810 bits per heavy atom. The lowest BCUT2D eigenvalue weighted by Gasteiger charge is -2.06. The first kappa shape index (κ1) is 19.9. The van der Waals surface area contributed by atoms with Crippen LogP contribution in [0.1, 0.15) is 52.4 Å². The smallest absolute Gasteiger partial charge is 0.306 e. The third-order valence-electron chi connectivity index (χ3n) is 2.76. The van der Waals surface area contributed by atoms with Crippen molar-refractivity contribution in [2.45, 2.75) is 52.4 Å². The third kappa shape index (κ3) is 12.3. The Balaban J connectivity index is 3.87. The molecule has 0 aromatic heterocycles. The molecule has 0 rings (SSSR count). The van der Waals surface area contributed by atoms with Crippen molar-refractivity contribution in [3.8, 4) is 0 Å². The fourth-order valence-corrected chi connectivity index (χ4v) is 2.54. The zero-order chi connectivity index (χ0) is 16.1. The monoisotopic (exact) mass is 322 g/mol. The maximum atomic E-state index is 11.7. The van der Waals surface area contributed by atoms with Crippen LogP contribution in [0.15, 0.2) is 0 Å². The predicted octanol–water partition coefficient (Wildman–Crippen LogP) is 1.87. The minimum Gasteiger partial charge on any atom is -0.466 e. The first-order valence-corrected chi connectivity index (χ1v) is 9.25. The minimum atomic E-state index is -3.43. The number of unbranched alkanes of at least 4 members (excludes halogenated alkanes) is 2. The van der Waals surface area contributed by atoms with E-state index >= 15 is 0 Å². The molecule has 0 heterocycles. The number of rotatable bonds is 12. The fourth-order valence-electron chi connectivity index (χ4n) is 1.38. The molecule has 0 amide bonds. The van der Waals surface area contributed by atoms with Gasteiger partial charge in [0.15, 0.2) is 9.84 Å². The molecule has 0 saturated heterocycles. The number of carbonyl (C=O) groups is 2. The fraction of sp³-hybridized carbons (Fsp3) is 0.857. The van der Waals surface area contributed by atoms with Gasteiger partial charge in [0.05, 0.1) is 37.6 Å². The number of hydrogen-bond acceptors (Lipinski definition) is 6. The highest BCUT2D eigenvalue weighted by molar-refractivity contribution is 7.91. The molecule has 0 unspecified atom stereocenters. The van der Waals surface area contributed by atoms with Crippen LogP contribution in [0.25, 0.3) is 0 Å². The second-order valence-corrected chi connectivity index (χ2v) is 7.10. The quantitative estimate of drug-likeness (QED) is 0.403. The van der Waals surface area contributed by atoms with E-state index in [1.54, 1.807) is 0 Å². The summed E-state index contributed by atoms with van der Waals surface area (Å²) < 4.78 is 33.1. The van der Waals surface area contributed by atoms with Crippen molar-refractivity contribution in [1.29, 1.82) is 0 Å². The van der Waals surface area contributed by atoms with Crippen LogP contribution in [-0.4, -0.2) is 45.1 Å². The Morgan fingerprint density at radius 3 is 1.52 bits per heavy atom. The highest BCUT2D eigenvalue weighted by Gasteiger charge is 2.16. The molecule has 0 N–H and O–H groups in total. The van der Waals surface area contributed by atoms with E-state index in [0.29, 0.717) is 13.2 Å². The molecule has 0 fully saturated rings. The first-order valence-electron chi connectivity index (χ1n) is 7.43. The Morgan fingerprint density at radius 2 is 1.19 bits per heavy atom. The van der Waals surface area contributed by atoms with E-state index in [1.165, 1.54) is 0 Å². The van der Waals surface area contributed by atoms with Gasteiger partial charge in [0, 0.05) is 0 Å². The lowest BCUT2D eigenvalue weighted by atomic mass is 10.4. The van der Waals surface area contributed by atoms with E-state index in [2.05, 4.69) is 0 Å². The summed E-state index contributed by atoms with van der Waals surface area (Å²) in [5, 5.41) is 0. The van der Waals surface area contributed by atoms with E-state index < -0.39 is 21.8 Å². The molecule has 6 nitrogen and oxygen atoms in total. The van der Waals surface area contributed by atoms with Crippen LogP contribution in [0, 0.1) is 0 Å². The summed E-state index contributed by atoms with van der Waals surface area (Å²) in [7, 11) is -3.43. The molecule has 0 saturated carbocycles. The van der Waals surface area contributed by atoms with Crippen molar-refractivity contribution in [2.24, 2.45) is 0 Å².